The van der Waals surface area contributed by atoms with Gasteiger partial charge in [0.1, 0.15) is 5.78 Å². The van der Waals surface area contributed by atoms with Gasteiger partial charge in [-0.15, -0.1) is 0 Å². The van der Waals surface area contributed by atoms with Crippen molar-refractivity contribution in [3.8, 4) is 0 Å². The molecule has 0 fully saturated rings. The third-order valence-electron chi connectivity index (χ3n) is 3.27. The van der Waals surface area contributed by atoms with Crippen molar-refractivity contribution in [1.29, 1.82) is 0 Å². The molecule has 0 bridgehead atoms. The Kier molecular flexibility index (Phi) is 4.48. The predicted molar refractivity (Wildman–Crippen MR) is 76.0 cm³/mol. The largest absolute Gasteiger partial charge is 0.392 e. The van der Waals surface area contributed by atoms with Gasteiger partial charge in [0, 0.05) is 0 Å². The monoisotopic (exact) mass is 254 g/mol. The van der Waals surface area contributed by atoms with Gasteiger partial charge in [0.15, 0.2) is 0 Å². The first-order valence-electron chi connectivity index (χ1n) is 6.46. The van der Waals surface area contributed by atoms with E-state index in [4.69, 9.17) is 0 Å². The van der Waals surface area contributed by atoms with Crippen LogP contribution in [-0.4, -0.2) is 17.0 Å². The first kappa shape index (κ1) is 13.5. The summed E-state index contributed by atoms with van der Waals surface area (Å²) in [6.45, 7) is 1.53. The van der Waals surface area contributed by atoms with E-state index in [9.17, 15) is 9.90 Å². The van der Waals surface area contributed by atoms with Crippen molar-refractivity contribution >= 4 is 5.78 Å². The van der Waals surface area contributed by atoms with Crippen LogP contribution < -0.4 is 0 Å². The normalized spacial score (nSPS) is 13.8. The zero-order chi connectivity index (χ0) is 13.7. The molecule has 0 radical (unpaired) electrons. The molecule has 0 unspecified atom stereocenters. The molecule has 2 rings (SSSR count). The standard InChI is InChI=1S/C17H18O2/c1-13(18)17(15-10-6-3-7-11-15)16(19)12-14-8-4-2-5-9-14/h2-11,16-17,19H,12H2,1H3/t16-,17-/m0/s1. The van der Waals surface area contributed by atoms with Crippen LogP contribution in [0.15, 0.2) is 60.7 Å². The molecule has 2 nitrogen and oxygen atoms in total. The zero-order valence-electron chi connectivity index (χ0n) is 11.0. The summed E-state index contributed by atoms with van der Waals surface area (Å²) in [6, 6.07) is 19.2. The molecular formula is C17H18O2. The van der Waals surface area contributed by atoms with Crippen LogP contribution >= 0.6 is 0 Å². The second kappa shape index (κ2) is 6.30. The Morgan fingerprint density at radius 3 is 2.05 bits per heavy atom. The second-order valence-corrected chi connectivity index (χ2v) is 4.76. The SMILES string of the molecule is CC(=O)[C@@H](c1ccccc1)[C@@H](O)Cc1ccccc1. The molecule has 0 aliphatic rings. The quantitative estimate of drug-likeness (QED) is 0.890. The third-order valence-corrected chi connectivity index (χ3v) is 3.27. The fraction of sp³-hybridized carbons (Fsp3) is 0.235. The lowest BCUT2D eigenvalue weighted by Gasteiger charge is -2.21. The molecule has 0 spiro atoms. The lowest BCUT2D eigenvalue weighted by atomic mass is 9.87. The highest BCUT2D eigenvalue weighted by Gasteiger charge is 2.25. The van der Waals surface area contributed by atoms with Gasteiger partial charge < -0.3 is 5.11 Å². The van der Waals surface area contributed by atoms with Gasteiger partial charge in [0.05, 0.1) is 12.0 Å². The van der Waals surface area contributed by atoms with Gasteiger partial charge in [-0.25, -0.2) is 0 Å². The van der Waals surface area contributed by atoms with Gasteiger partial charge >= 0.3 is 0 Å². The first-order valence-corrected chi connectivity index (χ1v) is 6.46. The maximum atomic E-state index is 11.8. The molecule has 2 heteroatoms. The lowest BCUT2D eigenvalue weighted by molar-refractivity contribution is -0.120. The predicted octanol–water partition coefficient (Wildman–Crippen LogP) is 2.96. The van der Waals surface area contributed by atoms with Crippen LogP contribution in [0, 0.1) is 0 Å². The van der Waals surface area contributed by atoms with E-state index in [-0.39, 0.29) is 5.78 Å². The van der Waals surface area contributed by atoms with Crippen LogP contribution in [0.5, 0.6) is 0 Å². The van der Waals surface area contributed by atoms with Crippen LogP contribution in [-0.2, 0) is 11.2 Å². The van der Waals surface area contributed by atoms with Gasteiger partial charge in [-0.05, 0) is 24.5 Å². The van der Waals surface area contributed by atoms with E-state index in [0.717, 1.165) is 11.1 Å². The summed E-state index contributed by atoms with van der Waals surface area (Å²) in [7, 11) is 0. The zero-order valence-corrected chi connectivity index (χ0v) is 11.0. The van der Waals surface area contributed by atoms with Gasteiger partial charge in [0.2, 0.25) is 0 Å². The minimum absolute atomic E-state index is 0.00497. The summed E-state index contributed by atoms with van der Waals surface area (Å²) >= 11 is 0. The Morgan fingerprint density at radius 1 is 1.00 bits per heavy atom. The summed E-state index contributed by atoms with van der Waals surface area (Å²) in [5.74, 6) is -0.462. The van der Waals surface area contributed by atoms with E-state index in [2.05, 4.69) is 0 Å². The van der Waals surface area contributed by atoms with Crippen LogP contribution in [0.1, 0.15) is 24.0 Å². The van der Waals surface area contributed by atoms with Gasteiger partial charge in [-0.2, -0.15) is 0 Å². The summed E-state index contributed by atoms with van der Waals surface area (Å²) in [5.41, 5.74) is 1.91. The Morgan fingerprint density at radius 2 is 1.53 bits per heavy atom. The van der Waals surface area contributed by atoms with Gasteiger partial charge in [0.25, 0.3) is 0 Å². The van der Waals surface area contributed by atoms with Crippen molar-refractivity contribution in [2.75, 3.05) is 0 Å². The molecule has 0 aromatic heterocycles. The van der Waals surface area contributed by atoms with E-state index in [0.29, 0.717) is 6.42 Å². The van der Waals surface area contributed by atoms with E-state index in [1.165, 1.54) is 6.92 Å². The Balaban J connectivity index is 2.18. The van der Waals surface area contributed by atoms with Crippen molar-refractivity contribution in [2.45, 2.75) is 25.4 Å². The molecule has 2 atom stereocenters. The average Bonchev–Trinajstić information content (AvgIpc) is 2.40. The number of ketones is 1. The Hall–Kier alpha value is -1.93. The molecule has 0 saturated carbocycles. The fourth-order valence-electron chi connectivity index (χ4n) is 2.36. The molecule has 98 valence electrons. The molecule has 0 saturated heterocycles. The molecule has 0 aliphatic carbocycles. The minimum Gasteiger partial charge on any atom is -0.392 e. The van der Waals surface area contributed by atoms with E-state index in [1.807, 2.05) is 60.7 Å². The van der Waals surface area contributed by atoms with Crippen molar-refractivity contribution in [3.63, 3.8) is 0 Å². The first-order chi connectivity index (χ1) is 9.18. The number of rotatable bonds is 5. The van der Waals surface area contributed by atoms with Gasteiger partial charge in [-0.3, -0.25) is 4.79 Å². The summed E-state index contributed by atoms with van der Waals surface area (Å²) < 4.78 is 0. The molecule has 1 N–H and O–H groups in total. The highest BCUT2D eigenvalue weighted by molar-refractivity contribution is 5.84. The average molecular weight is 254 g/mol. The minimum atomic E-state index is -0.692. The second-order valence-electron chi connectivity index (χ2n) is 4.76. The number of hydrogen-bond acceptors (Lipinski definition) is 2. The molecule has 0 heterocycles. The fourth-order valence-corrected chi connectivity index (χ4v) is 2.36. The third kappa shape index (κ3) is 3.52. The smallest absolute Gasteiger partial charge is 0.139 e. The van der Waals surface area contributed by atoms with Crippen molar-refractivity contribution in [2.24, 2.45) is 0 Å². The Bertz CT molecular complexity index is 519. The van der Waals surface area contributed by atoms with Crippen molar-refractivity contribution in [3.05, 3.63) is 71.8 Å². The van der Waals surface area contributed by atoms with Crippen LogP contribution in [0.2, 0.25) is 0 Å². The van der Waals surface area contributed by atoms with Crippen molar-refractivity contribution in [1.82, 2.24) is 0 Å². The van der Waals surface area contributed by atoms with E-state index >= 15 is 0 Å². The van der Waals surface area contributed by atoms with Crippen LogP contribution in [0.3, 0.4) is 0 Å². The van der Waals surface area contributed by atoms with E-state index < -0.39 is 12.0 Å². The number of hydrogen-bond donors (Lipinski definition) is 1. The topological polar surface area (TPSA) is 37.3 Å². The molecule has 0 amide bonds. The summed E-state index contributed by atoms with van der Waals surface area (Å²) in [5, 5.41) is 10.4. The summed E-state index contributed by atoms with van der Waals surface area (Å²) in [4.78, 5) is 11.8. The number of aliphatic hydroxyl groups excluding tert-OH is 1. The van der Waals surface area contributed by atoms with E-state index in [1.54, 1.807) is 0 Å². The number of aliphatic hydroxyl groups is 1. The molecule has 2 aromatic carbocycles. The molecule has 2 aromatic rings. The van der Waals surface area contributed by atoms with Gasteiger partial charge in [-0.1, -0.05) is 60.7 Å². The maximum absolute atomic E-state index is 11.8. The van der Waals surface area contributed by atoms with Crippen LogP contribution in [0.4, 0.5) is 0 Å². The van der Waals surface area contributed by atoms with Crippen LogP contribution in [0.25, 0.3) is 0 Å². The summed E-state index contributed by atoms with van der Waals surface area (Å²) in [6.07, 6.45) is -0.206. The molecular weight excluding hydrogens is 236 g/mol. The lowest BCUT2D eigenvalue weighted by Crippen LogP contribution is -2.26. The molecule has 19 heavy (non-hydrogen) atoms. The number of carbonyl (C=O) groups excluding carboxylic acids is 1. The Labute approximate surface area is 113 Å². The maximum Gasteiger partial charge on any atom is 0.139 e. The highest BCUT2D eigenvalue weighted by atomic mass is 16.3. The number of carbonyl (C=O) groups is 1. The van der Waals surface area contributed by atoms with Crippen molar-refractivity contribution < 1.29 is 9.90 Å². The number of benzene rings is 2. The molecule has 0 aliphatic heterocycles. The highest BCUT2D eigenvalue weighted by Crippen LogP contribution is 2.23. The number of Topliss-reactive ketones (excluding diaryl/α,β-unsaturated/α-hetero) is 1.